The number of anilines is 1. The van der Waals surface area contributed by atoms with Crippen LogP contribution >= 0.6 is 23.5 Å². The van der Waals surface area contributed by atoms with Gasteiger partial charge in [-0.1, -0.05) is 0 Å². The summed E-state index contributed by atoms with van der Waals surface area (Å²) in [7, 11) is -16.5. The molecule has 0 aromatic carbocycles. The number of aliphatic hydroxyl groups is 1. The van der Waals surface area contributed by atoms with Gasteiger partial charge in [-0.25, -0.2) is 18.7 Å². The van der Waals surface area contributed by atoms with Gasteiger partial charge >= 0.3 is 23.5 Å². The van der Waals surface area contributed by atoms with E-state index in [1.165, 1.54) is 10.9 Å². The maximum absolute atomic E-state index is 11.8. The molecule has 31 heavy (non-hydrogen) atoms. The van der Waals surface area contributed by atoms with Crippen molar-refractivity contribution in [1.82, 2.24) is 19.5 Å². The minimum Gasteiger partial charge on any atom is -0.396 e. The number of aromatic amines is 1. The Morgan fingerprint density at radius 2 is 1.87 bits per heavy atom. The van der Waals surface area contributed by atoms with E-state index >= 15 is 0 Å². The number of hydrogen-bond acceptors (Lipinski definition) is 12. The summed E-state index contributed by atoms with van der Waals surface area (Å²) < 4.78 is 52.1. The second-order valence-electron chi connectivity index (χ2n) is 6.07. The molecule has 21 heteroatoms. The maximum Gasteiger partial charge on any atom is 0.490 e. The fourth-order valence-corrected chi connectivity index (χ4v) is 5.75. The minimum atomic E-state index is -5.65. The van der Waals surface area contributed by atoms with Gasteiger partial charge in [0.15, 0.2) is 11.2 Å². The number of nitrogens with one attached hydrogen (secondary N) is 1. The van der Waals surface area contributed by atoms with Crippen molar-refractivity contribution in [2.45, 2.75) is 12.3 Å². The van der Waals surface area contributed by atoms with Crippen molar-refractivity contribution in [3.63, 3.8) is 0 Å². The molecule has 0 radical (unpaired) electrons. The Hall–Kier alpha value is -1.52. The molecule has 3 rings (SSSR count). The van der Waals surface area contributed by atoms with Crippen LogP contribution in [0.15, 0.2) is 11.1 Å². The molecule has 3 heterocycles. The lowest BCUT2D eigenvalue weighted by Crippen LogP contribution is -2.49. The molecule has 1 aliphatic rings. The Balaban J connectivity index is 1.66. The summed E-state index contributed by atoms with van der Waals surface area (Å²) in [6.07, 6.45) is -0.743. The summed E-state index contributed by atoms with van der Waals surface area (Å²) >= 11 is 0. The molecule has 0 aliphatic carbocycles. The number of hydrogen-bond donors (Lipinski definition) is 7. The Labute approximate surface area is 171 Å². The number of nitrogens with two attached hydrogens (primary N) is 1. The van der Waals surface area contributed by atoms with Gasteiger partial charge in [-0.15, -0.1) is 0 Å². The lowest BCUT2D eigenvalue weighted by atomic mass is 9.95. The van der Waals surface area contributed by atoms with Crippen LogP contribution in [-0.4, -0.2) is 63.5 Å². The van der Waals surface area contributed by atoms with E-state index in [0.29, 0.717) is 0 Å². The fourth-order valence-electron chi connectivity index (χ4n) is 2.72. The van der Waals surface area contributed by atoms with Crippen LogP contribution in [0.25, 0.3) is 11.2 Å². The van der Waals surface area contributed by atoms with Crippen LogP contribution in [0.2, 0.25) is 0 Å². The van der Waals surface area contributed by atoms with Crippen molar-refractivity contribution in [3.05, 3.63) is 16.7 Å². The topological polar surface area (TPSA) is 279 Å². The summed E-state index contributed by atoms with van der Waals surface area (Å²) in [5.74, 6) is -0.963. The van der Waals surface area contributed by atoms with Crippen LogP contribution in [-0.2, 0) is 31.6 Å². The average molecular weight is 507 g/mol. The number of imidazole rings is 1. The van der Waals surface area contributed by atoms with E-state index in [2.05, 4.69) is 28.1 Å². The number of nitrogen functional groups attached to an aromatic ring is 1. The van der Waals surface area contributed by atoms with E-state index in [9.17, 15) is 28.5 Å². The van der Waals surface area contributed by atoms with Gasteiger partial charge in [-0.3, -0.25) is 18.9 Å². The van der Waals surface area contributed by atoms with E-state index in [-0.39, 0.29) is 17.1 Å². The summed E-state index contributed by atoms with van der Waals surface area (Å²) in [6, 6.07) is 0. The van der Waals surface area contributed by atoms with E-state index in [1.807, 2.05) is 0 Å². The first-order valence-electron chi connectivity index (χ1n) is 7.98. The molecule has 8 N–H and O–H groups in total. The number of phosphoric acid groups is 3. The van der Waals surface area contributed by atoms with Crippen LogP contribution in [0.4, 0.5) is 5.95 Å². The summed E-state index contributed by atoms with van der Waals surface area (Å²) in [6.45, 7) is -1.26. The molecule has 0 spiro atoms. The van der Waals surface area contributed by atoms with Crippen molar-refractivity contribution in [1.29, 1.82) is 0 Å². The molecule has 0 amide bonds. The standard InChI is InChI=1S/C10H16N5O13P3/c11-10-13-7-6(8(17)14-10)12-3-15(7)9-4(1-16)5(26-9)2-25-30(21,22)28-31(23,24)27-29(18,19)20/h3-5,9,16H,1-2H2,(H,21,22)(H,23,24)(H2,18,19,20)(H3,11,13,14,17)/t4-,5-,9-/m1/s1. The Bertz CT molecular complexity index is 1170. The van der Waals surface area contributed by atoms with Crippen molar-refractivity contribution in [2.24, 2.45) is 5.92 Å². The predicted molar refractivity (Wildman–Crippen MR) is 96.9 cm³/mol. The number of ether oxygens (including phenoxy) is 1. The van der Waals surface area contributed by atoms with Crippen LogP contribution in [0.3, 0.4) is 0 Å². The number of aromatic nitrogens is 4. The molecule has 2 aromatic rings. The monoisotopic (exact) mass is 507 g/mol. The third kappa shape index (κ3) is 5.64. The smallest absolute Gasteiger partial charge is 0.396 e. The lowest BCUT2D eigenvalue weighted by Gasteiger charge is -2.44. The summed E-state index contributed by atoms with van der Waals surface area (Å²) in [5, 5.41) is 9.61. The van der Waals surface area contributed by atoms with E-state index in [1.54, 1.807) is 0 Å². The number of phosphoric ester groups is 1. The zero-order chi connectivity index (χ0) is 23.2. The SMILES string of the molecule is Nc1nc2c(ncn2[C@@H]2O[C@H](COP(=O)(O)OP(=O)(O)OP(=O)(O)O)[C@H]2CO)c(=O)[nH]1. The van der Waals surface area contributed by atoms with Crippen LogP contribution < -0.4 is 11.3 Å². The van der Waals surface area contributed by atoms with Crippen molar-refractivity contribution in [3.8, 4) is 0 Å². The number of aliphatic hydroxyl groups excluding tert-OH is 1. The molecular weight excluding hydrogens is 491 g/mol. The first-order valence-corrected chi connectivity index (χ1v) is 12.5. The molecule has 2 unspecified atom stereocenters. The Kier molecular flexibility index (Phi) is 6.57. The highest BCUT2D eigenvalue weighted by Gasteiger charge is 2.47. The highest BCUT2D eigenvalue weighted by Crippen LogP contribution is 2.66. The Morgan fingerprint density at radius 1 is 1.19 bits per heavy atom. The molecular formula is C10H16N5O13P3. The van der Waals surface area contributed by atoms with Gasteiger partial charge in [0.2, 0.25) is 5.95 Å². The lowest BCUT2D eigenvalue weighted by molar-refractivity contribution is -0.242. The highest BCUT2D eigenvalue weighted by molar-refractivity contribution is 7.66. The molecule has 0 saturated carbocycles. The molecule has 1 aliphatic heterocycles. The molecule has 0 bridgehead atoms. The third-order valence-electron chi connectivity index (χ3n) is 3.91. The maximum atomic E-state index is 11.8. The van der Waals surface area contributed by atoms with Gasteiger partial charge < -0.3 is 35.2 Å². The summed E-state index contributed by atoms with van der Waals surface area (Å²) in [4.78, 5) is 57.5. The molecule has 1 saturated heterocycles. The summed E-state index contributed by atoms with van der Waals surface area (Å²) in [5.41, 5.74) is 4.89. The number of fused-ring (bicyclic) bond motifs is 1. The van der Waals surface area contributed by atoms with E-state index < -0.39 is 60.5 Å². The van der Waals surface area contributed by atoms with Gasteiger partial charge in [0, 0.05) is 0 Å². The minimum absolute atomic E-state index is 0.0498. The molecule has 174 valence electrons. The Morgan fingerprint density at radius 3 is 2.48 bits per heavy atom. The molecule has 1 fully saturated rings. The van der Waals surface area contributed by atoms with Crippen molar-refractivity contribution in [2.75, 3.05) is 18.9 Å². The van der Waals surface area contributed by atoms with Gasteiger partial charge in [-0.05, 0) is 0 Å². The predicted octanol–water partition coefficient (Wildman–Crippen LogP) is -1.45. The van der Waals surface area contributed by atoms with Crippen molar-refractivity contribution < 1.29 is 56.3 Å². The first kappa shape index (κ1) is 24.1. The van der Waals surface area contributed by atoms with Crippen LogP contribution in [0, 0.1) is 5.92 Å². The van der Waals surface area contributed by atoms with Crippen LogP contribution in [0.5, 0.6) is 0 Å². The molecule has 18 nitrogen and oxygen atoms in total. The number of nitrogens with zero attached hydrogens (tertiary/aromatic N) is 3. The third-order valence-corrected chi connectivity index (χ3v) is 7.71. The zero-order valence-electron chi connectivity index (χ0n) is 15.0. The molecule has 5 atom stereocenters. The average Bonchev–Trinajstić information content (AvgIpc) is 2.94. The number of rotatable bonds is 9. The van der Waals surface area contributed by atoms with Gasteiger partial charge in [-0.2, -0.15) is 13.6 Å². The molecule has 2 aromatic heterocycles. The number of H-pyrrole nitrogens is 1. The second-order valence-corrected chi connectivity index (χ2v) is 10.5. The van der Waals surface area contributed by atoms with Crippen molar-refractivity contribution >= 4 is 40.6 Å². The van der Waals surface area contributed by atoms with E-state index in [4.69, 9.17) is 25.2 Å². The largest absolute Gasteiger partial charge is 0.490 e. The van der Waals surface area contributed by atoms with Gasteiger partial charge in [0.05, 0.1) is 31.6 Å². The second kappa shape index (κ2) is 8.44. The quantitative estimate of drug-likeness (QED) is 0.191. The first-order chi connectivity index (χ1) is 14.2. The zero-order valence-corrected chi connectivity index (χ0v) is 17.7. The fraction of sp³-hybridized carbons (Fsp3) is 0.500. The van der Waals surface area contributed by atoms with E-state index in [0.717, 1.165) is 0 Å². The normalized spacial score (nSPS) is 25.6. The highest BCUT2D eigenvalue weighted by atomic mass is 31.3. The van der Waals surface area contributed by atoms with Crippen LogP contribution in [0.1, 0.15) is 6.23 Å². The van der Waals surface area contributed by atoms with Gasteiger partial charge in [0.25, 0.3) is 5.56 Å². The van der Waals surface area contributed by atoms with Gasteiger partial charge in [0.1, 0.15) is 6.23 Å².